The molecule has 0 radical (unpaired) electrons. The third kappa shape index (κ3) is 4.02. The number of rotatable bonds is 7. The predicted molar refractivity (Wildman–Crippen MR) is 95.8 cm³/mol. The van der Waals surface area contributed by atoms with E-state index in [1.807, 2.05) is 20.8 Å². The van der Waals surface area contributed by atoms with Crippen molar-refractivity contribution in [3.8, 4) is 0 Å². The Hall–Kier alpha value is -3.10. The number of imide groups is 1. The van der Waals surface area contributed by atoms with Crippen molar-refractivity contribution in [2.45, 2.75) is 45.7 Å². The summed E-state index contributed by atoms with van der Waals surface area (Å²) in [6.45, 7) is 5.99. The van der Waals surface area contributed by atoms with Gasteiger partial charge in [-0.05, 0) is 37.6 Å². The molecule has 3 amide bonds. The smallest absolute Gasteiger partial charge is 0.261 e. The van der Waals surface area contributed by atoms with Gasteiger partial charge in [0.15, 0.2) is 5.82 Å². The summed E-state index contributed by atoms with van der Waals surface area (Å²) in [5.74, 6) is -0.464. The second kappa shape index (κ2) is 7.26. The molecule has 1 aromatic carbocycles. The molecule has 9 heteroatoms. The molecule has 2 aromatic rings. The van der Waals surface area contributed by atoms with Crippen LogP contribution in [0.1, 0.15) is 53.7 Å². The molecule has 27 heavy (non-hydrogen) atoms. The van der Waals surface area contributed by atoms with E-state index >= 15 is 0 Å². The number of hydrogen-bond donors (Lipinski definition) is 1. The Balaban J connectivity index is 1.57. The average Bonchev–Trinajstić information content (AvgIpc) is 3.16. The molecule has 0 saturated heterocycles. The zero-order chi connectivity index (χ0) is 19.6. The van der Waals surface area contributed by atoms with Crippen molar-refractivity contribution in [3.63, 3.8) is 0 Å². The lowest BCUT2D eigenvalue weighted by molar-refractivity contribution is -0.123. The van der Waals surface area contributed by atoms with Crippen molar-refractivity contribution in [3.05, 3.63) is 41.2 Å². The molecular formula is C18H22N6O3. The molecule has 0 unspecified atom stereocenters. The molecule has 0 spiro atoms. The lowest BCUT2D eigenvalue weighted by Crippen LogP contribution is -2.44. The standard InChI is InChI=1S/C18H22N6O3/c1-4-18(2,3)19-15(25)11-24-21-14(20-22-24)9-10-23-16(26)12-7-5-6-8-13(12)17(23)27/h5-8H,4,9-11H2,1-3H3,(H,19,25). The molecule has 1 N–H and O–H groups in total. The predicted octanol–water partition coefficient (Wildman–Crippen LogP) is 0.817. The third-order valence-corrected chi connectivity index (χ3v) is 4.58. The number of tetrazole rings is 1. The number of aromatic nitrogens is 4. The van der Waals surface area contributed by atoms with Gasteiger partial charge in [-0.15, -0.1) is 10.2 Å². The molecule has 0 aliphatic carbocycles. The van der Waals surface area contributed by atoms with E-state index in [2.05, 4.69) is 20.7 Å². The fraction of sp³-hybridized carbons (Fsp3) is 0.444. The molecule has 2 heterocycles. The van der Waals surface area contributed by atoms with Crippen LogP contribution < -0.4 is 5.32 Å². The lowest BCUT2D eigenvalue weighted by Gasteiger charge is -2.24. The number of hydrogen-bond acceptors (Lipinski definition) is 6. The summed E-state index contributed by atoms with van der Waals surface area (Å²) in [6.07, 6.45) is 1.07. The van der Waals surface area contributed by atoms with E-state index in [0.717, 1.165) is 6.42 Å². The maximum Gasteiger partial charge on any atom is 0.261 e. The van der Waals surface area contributed by atoms with E-state index in [0.29, 0.717) is 17.0 Å². The van der Waals surface area contributed by atoms with Gasteiger partial charge in [-0.25, -0.2) is 0 Å². The topological polar surface area (TPSA) is 110 Å². The van der Waals surface area contributed by atoms with Crippen LogP contribution in [0, 0.1) is 0 Å². The van der Waals surface area contributed by atoms with Crippen LogP contribution in [0.4, 0.5) is 0 Å². The molecule has 142 valence electrons. The lowest BCUT2D eigenvalue weighted by atomic mass is 10.0. The minimum atomic E-state index is -0.316. The molecule has 0 saturated carbocycles. The van der Waals surface area contributed by atoms with E-state index in [1.165, 1.54) is 9.70 Å². The third-order valence-electron chi connectivity index (χ3n) is 4.58. The van der Waals surface area contributed by atoms with Crippen molar-refractivity contribution in [1.82, 2.24) is 30.4 Å². The summed E-state index contributed by atoms with van der Waals surface area (Å²) < 4.78 is 0. The summed E-state index contributed by atoms with van der Waals surface area (Å²) in [7, 11) is 0. The second-order valence-electron chi connectivity index (χ2n) is 7.08. The summed E-state index contributed by atoms with van der Waals surface area (Å²) in [5, 5.41) is 14.8. The molecular weight excluding hydrogens is 348 g/mol. The summed E-state index contributed by atoms with van der Waals surface area (Å²) in [4.78, 5) is 39.1. The van der Waals surface area contributed by atoms with Crippen molar-refractivity contribution in [2.24, 2.45) is 0 Å². The number of carbonyl (C=O) groups excluding carboxylic acids is 3. The SMILES string of the molecule is CCC(C)(C)NC(=O)Cn1nnc(CCN2C(=O)c3ccccc3C2=O)n1. The molecule has 3 rings (SSSR count). The van der Waals surface area contributed by atoms with Crippen molar-refractivity contribution >= 4 is 17.7 Å². The van der Waals surface area contributed by atoms with Gasteiger partial charge in [0.2, 0.25) is 5.91 Å². The number of carbonyl (C=O) groups is 3. The summed E-state index contributed by atoms with van der Waals surface area (Å²) >= 11 is 0. The van der Waals surface area contributed by atoms with Crippen molar-refractivity contribution in [1.29, 1.82) is 0 Å². The van der Waals surface area contributed by atoms with Crippen LogP contribution in [0.2, 0.25) is 0 Å². The van der Waals surface area contributed by atoms with Gasteiger partial charge in [0.25, 0.3) is 11.8 Å². The monoisotopic (exact) mass is 370 g/mol. The molecule has 9 nitrogen and oxygen atoms in total. The Kier molecular flexibility index (Phi) is 5.02. The zero-order valence-corrected chi connectivity index (χ0v) is 15.6. The van der Waals surface area contributed by atoms with Crippen LogP contribution in [0.3, 0.4) is 0 Å². The zero-order valence-electron chi connectivity index (χ0n) is 15.6. The minimum absolute atomic E-state index is 0.0382. The van der Waals surface area contributed by atoms with E-state index < -0.39 is 0 Å². The first-order valence-electron chi connectivity index (χ1n) is 8.83. The number of nitrogens with zero attached hydrogens (tertiary/aromatic N) is 5. The summed E-state index contributed by atoms with van der Waals surface area (Å²) in [6, 6.07) is 6.73. The Morgan fingerprint density at radius 2 is 1.78 bits per heavy atom. The first-order chi connectivity index (χ1) is 12.8. The van der Waals surface area contributed by atoms with Gasteiger partial charge in [-0.2, -0.15) is 4.80 Å². The quantitative estimate of drug-likeness (QED) is 0.723. The molecule has 1 aliphatic rings. The highest BCUT2D eigenvalue weighted by atomic mass is 16.2. The number of fused-ring (bicyclic) bond motifs is 1. The summed E-state index contributed by atoms with van der Waals surface area (Å²) in [5.41, 5.74) is 0.523. The fourth-order valence-electron chi connectivity index (χ4n) is 2.73. The van der Waals surface area contributed by atoms with E-state index in [1.54, 1.807) is 24.3 Å². The van der Waals surface area contributed by atoms with Crippen LogP contribution in [-0.4, -0.2) is 54.9 Å². The van der Waals surface area contributed by atoms with Crippen LogP contribution in [-0.2, 0) is 17.8 Å². The molecule has 0 fully saturated rings. The maximum absolute atomic E-state index is 12.3. The van der Waals surface area contributed by atoms with Gasteiger partial charge in [0, 0.05) is 18.5 Å². The van der Waals surface area contributed by atoms with Crippen molar-refractivity contribution < 1.29 is 14.4 Å². The van der Waals surface area contributed by atoms with Gasteiger partial charge in [-0.3, -0.25) is 19.3 Å². The largest absolute Gasteiger partial charge is 0.350 e. The van der Waals surface area contributed by atoms with Gasteiger partial charge in [0.05, 0.1) is 11.1 Å². The second-order valence-corrected chi connectivity index (χ2v) is 7.08. The van der Waals surface area contributed by atoms with Gasteiger partial charge in [-0.1, -0.05) is 19.1 Å². The molecule has 1 aromatic heterocycles. The van der Waals surface area contributed by atoms with E-state index in [-0.39, 0.29) is 42.8 Å². The van der Waals surface area contributed by atoms with Crippen LogP contribution >= 0.6 is 0 Å². The van der Waals surface area contributed by atoms with Crippen LogP contribution in [0.5, 0.6) is 0 Å². The van der Waals surface area contributed by atoms with Gasteiger partial charge < -0.3 is 5.32 Å². The Morgan fingerprint density at radius 1 is 1.15 bits per heavy atom. The first kappa shape index (κ1) is 18.7. The highest BCUT2D eigenvalue weighted by Crippen LogP contribution is 2.22. The molecule has 1 aliphatic heterocycles. The number of benzene rings is 1. The number of amides is 3. The fourth-order valence-corrected chi connectivity index (χ4v) is 2.73. The van der Waals surface area contributed by atoms with E-state index in [9.17, 15) is 14.4 Å². The number of nitrogens with one attached hydrogen (secondary N) is 1. The minimum Gasteiger partial charge on any atom is -0.350 e. The first-order valence-corrected chi connectivity index (χ1v) is 8.83. The molecule has 0 bridgehead atoms. The Labute approximate surface area is 156 Å². The Morgan fingerprint density at radius 3 is 2.37 bits per heavy atom. The maximum atomic E-state index is 12.3. The highest BCUT2D eigenvalue weighted by Gasteiger charge is 2.34. The van der Waals surface area contributed by atoms with Gasteiger partial charge >= 0.3 is 0 Å². The highest BCUT2D eigenvalue weighted by molar-refractivity contribution is 6.21. The molecule has 0 atom stereocenters. The average molecular weight is 370 g/mol. The van der Waals surface area contributed by atoms with Crippen molar-refractivity contribution in [2.75, 3.05) is 6.54 Å². The normalized spacial score (nSPS) is 13.8. The van der Waals surface area contributed by atoms with Crippen LogP contribution in [0.25, 0.3) is 0 Å². The van der Waals surface area contributed by atoms with E-state index in [4.69, 9.17) is 0 Å². The Bertz CT molecular complexity index is 854. The van der Waals surface area contributed by atoms with Gasteiger partial charge in [0.1, 0.15) is 6.54 Å². The van der Waals surface area contributed by atoms with Crippen LogP contribution in [0.15, 0.2) is 24.3 Å².